The monoisotopic (exact) mass is 386 g/mol. The lowest BCUT2D eigenvalue weighted by molar-refractivity contribution is -0.384. The molecule has 0 fully saturated rings. The first-order valence-electron chi connectivity index (χ1n) is 8.46. The van der Waals surface area contributed by atoms with E-state index in [-0.39, 0.29) is 30.6 Å². The third-order valence-electron chi connectivity index (χ3n) is 3.90. The number of ether oxygens (including phenoxy) is 1. The number of hydrogen-bond acceptors (Lipinski definition) is 6. The van der Waals surface area contributed by atoms with Crippen molar-refractivity contribution < 1.29 is 19.2 Å². The maximum absolute atomic E-state index is 12.2. The largest absolute Gasteiger partial charge is 0.497 e. The number of rotatable bonds is 8. The average molecular weight is 386 g/mol. The first-order valence-corrected chi connectivity index (χ1v) is 8.46. The standard InChI is InChI=1S/C19H22N4O5/c1-13-10-15(23(26)27)6-9-17(13)21-19(25)12-22(2)11-18(24)20-14-4-7-16(28-3)8-5-14/h4-10H,11-12H2,1-3H3,(H,20,24)(H,21,25). The number of nitrogens with zero attached hydrogens (tertiary/aromatic N) is 2. The number of methoxy groups -OCH3 is 1. The van der Waals surface area contributed by atoms with Crippen LogP contribution in [-0.2, 0) is 9.59 Å². The summed E-state index contributed by atoms with van der Waals surface area (Å²) >= 11 is 0. The second kappa shape index (κ2) is 9.47. The number of anilines is 2. The number of non-ortho nitro benzene ring substituents is 1. The highest BCUT2D eigenvalue weighted by molar-refractivity contribution is 5.95. The lowest BCUT2D eigenvalue weighted by Gasteiger charge is -2.16. The van der Waals surface area contributed by atoms with E-state index in [2.05, 4.69) is 10.6 Å². The van der Waals surface area contributed by atoms with Crippen molar-refractivity contribution in [3.8, 4) is 5.75 Å². The van der Waals surface area contributed by atoms with Gasteiger partial charge in [-0.2, -0.15) is 0 Å². The van der Waals surface area contributed by atoms with Crippen molar-refractivity contribution in [2.45, 2.75) is 6.92 Å². The van der Waals surface area contributed by atoms with Crippen LogP contribution in [0.3, 0.4) is 0 Å². The van der Waals surface area contributed by atoms with Crippen LogP contribution in [0.1, 0.15) is 5.56 Å². The minimum atomic E-state index is -0.492. The molecule has 0 aliphatic heterocycles. The zero-order valence-corrected chi connectivity index (χ0v) is 15.9. The number of nitro groups is 1. The van der Waals surface area contributed by atoms with Crippen LogP contribution in [0.4, 0.5) is 17.1 Å². The maximum atomic E-state index is 12.2. The Morgan fingerprint density at radius 3 is 2.21 bits per heavy atom. The van der Waals surface area contributed by atoms with Gasteiger partial charge in [-0.25, -0.2) is 0 Å². The van der Waals surface area contributed by atoms with Crippen molar-refractivity contribution in [3.63, 3.8) is 0 Å². The summed E-state index contributed by atoms with van der Waals surface area (Å²) < 4.78 is 5.06. The van der Waals surface area contributed by atoms with E-state index in [4.69, 9.17) is 4.74 Å². The molecule has 9 nitrogen and oxygen atoms in total. The maximum Gasteiger partial charge on any atom is 0.269 e. The Bertz CT molecular complexity index is 867. The summed E-state index contributed by atoms with van der Waals surface area (Å²) in [4.78, 5) is 36.1. The molecule has 0 saturated carbocycles. The van der Waals surface area contributed by atoms with Crippen molar-refractivity contribution in [1.29, 1.82) is 0 Å². The lowest BCUT2D eigenvalue weighted by atomic mass is 10.2. The fraction of sp³-hybridized carbons (Fsp3) is 0.263. The molecule has 2 rings (SSSR count). The Morgan fingerprint density at radius 2 is 1.68 bits per heavy atom. The highest BCUT2D eigenvalue weighted by atomic mass is 16.6. The minimum absolute atomic E-state index is 0.00748. The molecule has 0 atom stereocenters. The predicted octanol–water partition coefficient (Wildman–Crippen LogP) is 2.42. The number of likely N-dealkylation sites (N-methyl/N-ethyl adjacent to an activating group) is 1. The van der Waals surface area contributed by atoms with Gasteiger partial charge in [0.1, 0.15) is 5.75 Å². The second-order valence-corrected chi connectivity index (χ2v) is 6.25. The van der Waals surface area contributed by atoms with Gasteiger partial charge in [-0.15, -0.1) is 0 Å². The molecule has 0 unspecified atom stereocenters. The molecule has 148 valence electrons. The molecule has 0 aliphatic carbocycles. The Hall–Kier alpha value is -3.46. The molecule has 0 bridgehead atoms. The number of amides is 2. The van der Waals surface area contributed by atoms with Crippen LogP contribution in [0.25, 0.3) is 0 Å². The van der Waals surface area contributed by atoms with Gasteiger partial charge in [-0.05, 0) is 49.9 Å². The summed E-state index contributed by atoms with van der Waals surface area (Å²) in [5.41, 5.74) is 1.67. The Kier molecular flexibility index (Phi) is 7.05. The second-order valence-electron chi connectivity index (χ2n) is 6.25. The molecular formula is C19H22N4O5. The molecule has 2 aromatic carbocycles. The van der Waals surface area contributed by atoms with Crippen LogP contribution < -0.4 is 15.4 Å². The molecule has 28 heavy (non-hydrogen) atoms. The third-order valence-corrected chi connectivity index (χ3v) is 3.90. The molecule has 9 heteroatoms. The van der Waals surface area contributed by atoms with Crippen molar-refractivity contribution in [2.24, 2.45) is 0 Å². The first kappa shape index (κ1) is 20.8. The predicted molar refractivity (Wildman–Crippen MR) is 106 cm³/mol. The van der Waals surface area contributed by atoms with Crippen LogP contribution in [0.5, 0.6) is 5.75 Å². The highest BCUT2D eigenvalue weighted by Gasteiger charge is 2.13. The van der Waals surface area contributed by atoms with Gasteiger partial charge in [0.05, 0.1) is 25.1 Å². The normalized spacial score (nSPS) is 10.4. The molecule has 0 spiro atoms. The van der Waals surface area contributed by atoms with Crippen LogP contribution >= 0.6 is 0 Å². The van der Waals surface area contributed by atoms with Crippen molar-refractivity contribution in [1.82, 2.24) is 4.90 Å². The highest BCUT2D eigenvalue weighted by Crippen LogP contribution is 2.21. The van der Waals surface area contributed by atoms with E-state index in [1.165, 1.54) is 18.2 Å². The summed E-state index contributed by atoms with van der Waals surface area (Å²) in [6.45, 7) is 1.69. The van der Waals surface area contributed by atoms with Crippen molar-refractivity contribution in [2.75, 3.05) is 37.9 Å². The summed E-state index contributed by atoms with van der Waals surface area (Å²) in [7, 11) is 3.21. The average Bonchev–Trinajstić information content (AvgIpc) is 2.63. The van der Waals surface area contributed by atoms with E-state index in [0.717, 1.165) is 0 Å². The Labute approximate surface area is 162 Å². The van der Waals surface area contributed by atoms with Gasteiger partial charge in [0.2, 0.25) is 11.8 Å². The van der Waals surface area contributed by atoms with E-state index < -0.39 is 4.92 Å². The number of carbonyl (C=O) groups excluding carboxylic acids is 2. The quantitative estimate of drug-likeness (QED) is 0.532. The van der Waals surface area contributed by atoms with E-state index in [0.29, 0.717) is 22.7 Å². The van der Waals surface area contributed by atoms with Gasteiger partial charge in [-0.3, -0.25) is 24.6 Å². The SMILES string of the molecule is COc1ccc(NC(=O)CN(C)CC(=O)Nc2ccc([N+](=O)[O-])cc2C)cc1. The van der Waals surface area contributed by atoms with Gasteiger partial charge in [0.15, 0.2) is 0 Å². The molecule has 0 radical (unpaired) electrons. The topological polar surface area (TPSA) is 114 Å². The Balaban J connectivity index is 1.84. The van der Waals surface area contributed by atoms with Crippen LogP contribution in [-0.4, -0.2) is 48.9 Å². The fourth-order valence-corrected chi connectivity index (χ4v) is 2.51. The fourth-order valence-electron chi connectivity index (χ4n) is 2.51. The van der Waals surface area contributed by atoms with Crippen molar-refractivity contribution in [3.05, 3.63) is 58.1 Å². The number of nitrogens with one attached hydrogen (secondary N) is 2. The summed E-state index contributed by atoms with van der Waals surface area (Å²) in [5.74, 6) is 0.108. The minimum Gasteiger partial charge on any atom is -0.497 e. The van der Waals surface area contributed by atoms with Gasteiger partial charge < -0.3 is 15.4 Å². The third kappa shape index (κ3) is 6.06. The lowest BCUT2D eigenvalue weighted by Crippen LogP contribution is -2.36. The summed E-state index contributed by atoms with van der Waals surface area (Å²) in [5, 5.41) is 16.2. The van der Waals surface area contributed by atoms with Crippen LogP contribution in [0, 0.1) is 17.0 Å². The number of benzene rings is 2. The van der Waals surface area contributed by atoms with E-state index in [1.54, 1.807) is 50.2 Å². The zero-order valence-electron chi connectivity index (χ0n) is 15.9. The zero-order chi connectivity index (χ0) is 20.7. The molecule has 0 heterocycles. The van der Waals surface area contributed by atoms with Gasteiger partial charge in [-0.1, -0.05) is 0 Å². The van der Waals surface area contributed by atoms with Crippen molar-refractivity contribution >= 4 is 28.9 Å². The first-order chi connectivity index (χ1) is 13.3. The van der Waals surface area contributed by atoms with E-state index in [1.807, 2.05) is 0 Å². The van der Waals surface area contributed by atoms with Gasteiger partial charge >= 0.3 is 0 Å². The molecule has 2 aromatic rings. The molecule has 2 amide bonds. The summed E-state index contributed by atoms with van der Waals surface area (Å²) in [6, 6.07) is 11.1. The molecular weight excluding hydrogens is 364 g/mol. The smallest absolute Gasteiger partial charge is 0.269 e. The number of hydrogen-bond donors (Lipinski definition) is 2. The molecule has 0 saturated heterocycles. The van der Waals surface area contributed by atoms with E-state index in [9.17, 15) is 19.7 Å². The number of carbonyl (C=O) groups is 2. The van der Waals surface area contributed by atoms with E-state index >= 15 is 0 Å². The van der Waals surface area contributed by atoms with Crippen LogP contribution in [0.2, 0.25) is 0 Å². The Morgan fingerprint density at radius 1 is 1.07 bits per heavy atom. The molecule has 0 aliphatic rings. The number of aryl methyl sites for hydroxylation is 1. The van der Waals surface area contributed by atoms with Crippen LogP contribution in [0.15, 0.2) is 42.5 Å². The number of nitro benzene ring substituents is 1. The molecule has 2 N–H and O–H groups in total. The van der Waals surface area contributed by atoms with Gasteiger partial charge in [0.25, 0.3) is 5.69 Å². The van der Waals surface area contributed by atoms with Gasteiger partial charge in [0, 0.05) is 23.5 Å². The summed E-state index contributed by atoms with van der Waals surface area (Å²) in [6.07, 6.45) is 0. The molecule has 0 aromatic heterocycles.